The Labute approximate surface area is 142 Å². The number of amides is 2. The van der Waals surface area contributed by atoms with E-state index in [1.807, 2.05) is 0 Å². The smallest absolute Gasteiger partial charge is 0.256 e. The third-order valence-corrected chi connectivity index (χ3v) is 4.08. The summed E-state index contributed by atoms with van der Waals surface area (Å²) < 4.78 is 27.1. The summed E-state index contributed by atoms with van der Waals surface area (Å²) in [6, 6.07) is 9.09. The number of rotatable bonds is 3. The molecule has 2 aromatic rings. The summed E-state index contributed by atoms with van der Waals surface area (Å²) in [6.07, 6.45) is 0.0499. The number of halogens is 3. The Morgan fingerprint density at radius 3 is 2.67 bits per heavy atom. The van der Waals surface area contributed by atoms with Crippen molar-refractivity contribution < 1.29 is 18.4 Å². The molecule has 1 atom stereocenters. The van der Waals surface area contributed by atoms with Gasteiger partial charge in [0.05, 0.1) is 16.6 Å². The van der Waals surface area contributed by atoms with E-state index >= 15 is 0 Å². The molecule has 124 valence electrons. The van der Waals surface area contributed by atoms with Crippen LogP contribution in [0, 0.1) is 11.6 Å². The first kappa shape index (κ1) is 16.4. The average molecular weight is 351 g/mol. The maximum absolute atomic E-state index is 13.8. The molecule has 0 spiro atoms. The fourth-order valence-corrected chi connectivity index (χ4v) is 2.92. The van der Waals surface area contributed by atoms with Crippen LogP contribution in [0.2, 0.25) is 5.02 Å². The van der Waals surface area contributed by atoms with Crippen molar-refractivity contribution in [3.05, 3.63) is 64.7 Å². The van der Waals surface area contributed by atoms with Gasteiger partial charge in [-0.1, -0.05) is 23.7 Å². The van der Waals surface area contributed by atoms with Gasteiger partial charge in [-0.25, -0.2) is 8.78 Å². The van der Waals surface area contributed by atoms with Crippen molar-refractivity contribution in [2.24, 2.45) is 0 Å². The van der Waals surface area contributed by atoms with Crippen molar-refractivity contribution in [2.75, 3.05) is 11.4 Å². The molecule has 2 aromatic carbocycles. The Morgan fingerprint density at radius 1 is 1.21 bits per heavy atom. The molecule has 24 heavy (non-hydrogen) atoms. The first-order valence-corrected chi connectivity index (χ1v) is 7.64. The number of anilines is 1. The zero-order chi connectivity index (χ0) is 17.3. The van der Waals surface area contributed by atoms with Gasteiger partial charge in [0, 0.05) is 18.7 Å². The minimum absolute atomic E-state index is 0.00110. The van der Waals surface area contributed by atoms with Crippen LogP contribution in [0.3, 0.4) is 0 Å². The summed E-state index contributed by atoms with van der Waals surface area (Å²) >= 11 is 5.86. The van der Waals surface area contributed by atoms with Crippen LogP contribution in [0.25, 0.3) is 0 Å². The van der Waals surface area contributed by atoms with Crippen LogP contribution in [0.4, 0.5) is 14.5 Å². The molecule has 0 aliphatic carbocycles. The number of hydrogen-bond acceptors (Lipinski definition) is 2. The molecular formula is C17H13ClF2N2O2. The SMILES string of the molecule is O=C(NC1CC(=O)N(c2cccc(F)c2)C1)c1c(F)cccc1Cl. The van der Waals surface area contributed by atoms with Crippen molar-refractivity contribution in [1.82, 2.24) is 5.32 Å². The predicted molar refractivity (Wildman–Crippen MR) is 86.0 cm³/mol. The monoisotopic (exact) mass is 350 g/mol. The van der Waals surface area contributed by atoms with Crippen LogP contribution in [0.15, 0.2) is 42.5 Å². The Hall–Kier alpha value is -2.47. The number of carbonyl (C=O) groups is 2. The third-order valence-electron chi connectivity index (χ3n) is 3.77. The molecule has 1 saturated heterocycles. The Kier molecular flexibility index (Phi) is 4.49. The minimum atomic E-state index is -0.730. The molecule has 1 unspecified atom stereocenters. The highest BCUT2D eigenvalue weighted by atomic mass is 35.5. The van der Waals surface area contributed by atoms with Gasteiger partial charge in [-0.3, -0.25) is 9.59 Å². The van der Waals surface area contributed by atoms with E-state index in [1.165, 1.54) is 35.2 Å². The number of benzene rings is 2. The standard InChI is InChI=1S/C17H13ClF2N2O2/c18-13-5-2-6-14(20)16(13)17(24)21-11-8-15(23)22(9-11)12-4-1-3-10(19)7-12/h1-7,11H,8-9H2,(H,21,24). The third kappa shape index (κ3) is 3.23. The topological polar surface area (TPSA) is 49.4 Å². The van der Waals surface area contributed by atoms with Gasteiger partial charge in [0.15, 0.2) is 0 Å². The van der Waals surface area contributed by atoms with E-state index < -0.39 is 23.6 Å². The first-order valence-electron chi connectivity index (χ1n) is 7.26. The summed E-state index contributed by atoms with van der Waals surface area (Å²) in [7, 11) is 0. The quantitative estimate of drug-likeness (QED) is 0.924. The molecule has 1 aliphatic rings. The lowest BCUT2D eigenvalue weighted by molar-refractivity contribution is -0.117. The number of carbonyl (C=O) groups excluding carboxylic acids is 2. The van der Waals surface area contributed by atoms with Gasteiger partial charge in [0.2, 0.25) is 5.91 Å². The summed E-state index contributed by atoms with van der Waals surface area (Å²) in [5, 5.41) is 2.60. The average Bonchev–Trinajstić information content (AvgIpc) is 2.87. The van der Waals surface area contributed by atoms with Crippen molar-refractivity contribution in [1.29, 1.82) is 0 Å². The maximum atomic E-state index is 13.8. The molecular weight excluding hydrogens is 338 g/mol. The lowest BCUT2D eigenvalue weighted by atomic mass is 10.1. The number of nitrogens with zero attached hydrogens (tertiary/aromatic N) is 1. The Bertz CT molecular complexity index is 793. The second-order valence-electron chi connectivity index (χ2n) is 5.46. The van der Waals surface area contributed by atoms with Gasteiger partial charge < -0.3 is 10.2 Å². The fraction of sp³-hybridized carbons (Fsp3) is 0.176. The molecule has 0 radical (unpaired) electrons. The second-order valence-corrected chi connectivity index (χ2v) is 5.86. The van der Waals surface area contributed by atoms with Gasteiger partial charge >= 0.3 is 0 Å². The van der Waals surface area contributed by atoms with Crippen LogP contribution in [0.1, 0.15) is 16.8 Å². The van der Waals surface area contributed by atoms with Gasteiger partial charge in [-0.15, -0.1) is 0 Å². The van der Waals surface area contributed by atoms with E-state index in [4.69, 9.17) is 11.6 Å². The van der Waals surface area contributed by atoms with Crippen molar-refractivity contribution in [2.45, 2.75) is 12.5 Å². The number of hydrogen-bond donors (Lipinski definition) is 1. The lowest BCUT2D eigenvalue weighted by Crippen LogP contribution is -2.37. The fourth-order valence-electron chi connectivity index (χ4n) is 2.67. The van der Waals surface area contributed by atoms with E-state index in [0.717, 1.165) is 6.07 Å². The van der Waals surface area contributed by atoms with Gasteiger partial charge in [-0.05, 0) is 30.3 Å². The van der Waals surface area contributed by atoms with Crippen LogP contribution in [-0.4, -0.2) is 24.4 Å². The first-order chi connectivity index (χ1) is 11.5. The zero-order valence-electron chi connectivity index (χ0n) is 12.4. The Morgan fingerprint density at radius 2 is 1.96 bits per heavy atom. The largest absolute Gasteiger partial charge is 0.347 e. The van der Waals surface area contributed by atoms with Gasteiger partial charge in [0.1, 0.15) is 11.6 Å². The van der Waals surface area contributed by atoms with E-state index in [-0.39, 0.29) is 29.5 Å². The molecule has 0 aromatic heterocycles. The van der Waals surface area contributed by atoms with Crippen LogP contribution in [0.5, 0.6) is 0 Å². The van der Waals surface area contributed by atoms with E-state index in [0.29, 0.717) is 5.69 Å². The van der Waals surface area contributed by atoms with Gasteiger partial charge in [0.25, 0.3) is 5.91 Å². The van der Waals surface area contributed by atoms with Crippen molar-refractivity contribution in [3.8, 4) is 0 Å². The number of nitrogens with one attached hydrogen (secondary N) is 1. The Balaban J connectivity index is 1.74. The molecule has 1 fully saturated rings. The predicted octanol–water partition coefficient (Wildman–Crippen LogP) is 3.15. The minimum Gasteiger partial charge on any atom is -0.347 e. The lowest BCUT2D eigenvalue weighted by Gasteiger charge is -2.17. The molecule has 0 saturated carbocycles. The summed E-state index contributed by atoms with van der Waals surface area (Å²) in [5.41, 5.74) is 0.163. The molecule has 1 aliphatic heterocycles. The van der Waals surface area contributed by atoms with Crippen molar-refractivity contribution >= 4 is 29.1 Å². The highest BCUT2D eigenvalue weighted by Gasteiger charge is 2.32. The molecule has 3 rings (SSSR count). The molecule has 4 nitrogen and oxygen atoms in total. The van der Waals surface area contributed by atoms with Crippen molar-refractivity contribution in [3.63, 3.8) is 0 Å². The summed E-state index contributed by atoms with van der Waals surface area (Å²) in [4.78, 5) is 25.7. The summed E-state index contributed by atoms with van der Waals surface area (Å²) in [5.74, 6) is -2.11. The van der Waals surface area contributed by atoms with E-state index in [9.17, 15) is 18.4 Å². The maximum Gasteiger partial charge on any atom is 0.256 e. The highest BCUT2D eigenvalue weighted by Crippen LogP contribution is 2.23. The van der Waals surface area contributed by atoms with Gasteiger partial charge in [-0.2, -0.15) is 0 Å². The highest BCUT2D eigenvalue weighted by molar-refractivity contribution is 6.33. The molecule has 1 N–H and O–H groups in total. The van der Waals surface area contributed by atoms with Crippen LogP contribution >= 0.6 is 11.6 Å². The van der Waals surface area contributed by atoms with E-state index in [1.54, 1.807) is 6.07 Å². The van der Waals surface area contributed by atoms with Crippen LogP contribution in [-0.2, 0) is 4.79 Å². The normalized spacial score (nSPS) is 17.2. The second kappa shape index (κ2) is 6.57. The molecule has 0 bridgehead atoms. The van der Waals surface area contributed by atoms with Crippen LogP contribution < -0.4 is 10.2 Å². The molecule has 1 heterocycles. The van der Waals surface area contributed by atoms with E-state index in [2.05, 4.69) is 5.32 Å². The molecule has 2 amide bonds. The summed E-state index contributed by atoms with van der Waals surface area (Å²) in [6.45, 7) is 0.181. The zero-order valence-corrected chi connectivity index (χ0v) is 13.2. The molecule has 7 heteroatoms.